The zero-order valence-corrected chi connectivity index (χ0v) is 12.9. The molecule has 0 aliphatic rings. The first-order valence-corrected chi connectivity index (χ1v) is 7.21. The SMILES string of the molecule is CCC(C)Oc1cccc(NC(=O)C(S)C(C)C)c1. The van der Waals surface area contributed by atoms with E-state index in [-0.39, 0.29) is 23.2 Å². The van der Waals surface area contributed by atoms with Crippen molar-refractivity contribution in [2.24, 2.45) is 5.92 Å². The predicted octanol–water partition coefficient (Wildman–Crippen LogP) is 3.76. The number of ether oxygens (including phenoxy) is 1. The second kappa shape index (κ2) is 7.43. The summed E-state index contributed by atoms with van der Waals surface area (Å²) in [6.07, 6.45) is 1.11. The average Bonchev–Trinajstić information content (AvgIpc) is 2.37. The van der Waals surface area contributed by atoms with Gasteiger partial charge in [0.05, 0.1) is 11.4 Å². The lowest BCUT2D eigenvalue weighted by Crippen LogP contribution is -2.27. The monoisotopic (exact) mass is 281 g/mol. The first-order valence-electron chi connectivity index (χ1n) is 6.69. The molecular formula is C15H23NO2S. The molecule has 0 aromatic heterocycles. The van der Waals surface area contributed by atoms with Crippen LogP contribution < -0.4 is 10.1 Å². The van der Waals surface area contributed by atoms with Crippen molar-refractivity contribution >= 4 is 24.2 Å². The lowest BCUT2D eigenvalue weighted by atomic mass is 10.1. The molecule has 1 N–H and O–H groups in total. The molecule has 19 heavy (non-hydrogen) atoms. The Bertz CT molecular complexity index is 420. The van der Waals surface area contributed by atoms with E-state index < -0.39 is 0 Å². The molecule has 0 radical (unpaired) electrons. The van der Waals surface area contributed by atoms with Crippen molar-refractivity contribution in [1.29, 1.82) is 0 Å². The summed E-state index contributed by atoms with van der Waals surface area (Å²) in [4.78, 5) is 11.9. The van der Waals surface area contributed by atoms with Crippen LogP contribution in [0, 0.1) is 5.92 Å². The van der Waals surface area contributed by atoms with E-state index >= 15 is 0 Å². The van der Waals surface area contributed by atoms with E-state index in [2.05, 4.69) is 24.9 Å². The number of carbonyl (C=O) groups is 1. The van der Waals surface area contributed by atoms with Crippen LogP contribution in [0.25, 0.3) is 0 Å². The fourth-order valence-electron chi connectivity index (χ4n) is 1.48. The maximum absolute atomic E-state index is 11.9. The lowest BCUT2D eigenvalue weighted by molar-refractivity contribution is -0.116. The van der Waals surface area contributed by atoms with Gasteiger partial charge >= 0.3 is 0 Å². The predicted molar refractivity (Wildman–Crippen MR) is 83.1 cm³/mol. The fourth-order valence-corrected chi connectivity index (χ4v) is 1.55. The number of hydrogen-bond donors (Lipinski definition) is 2. The van der Waals surface area contributed by atoms with Gasteiger partial charge in [0.15, 0.2) is 0 Å². The average molecular weight is 281 g/mol. The number of rotatable bonds is 6. The normalized spacial score (nSPS) is 14.0. The van der Waals surface area contributed by atoms with Gasteiger partial charge in [0.2, 0.25) is 5.91 Å². The van der Waals surface area contributed by atoms with Crippen molar-refractivity contribution < 1.29 is 9.53 Å². The Hall–Kier alpha value is -1.16. The molecule has 0 aliphatic heterocycles. The van der Waals surface area contributed by atoms with Crippen molar-refractivity contribution in [2.45, 2.75) is 45.5 Å². The number of carbonyl (C=O) groups excluding carboxylic acids is 1. The maximum atomic E-state index is 11.9. The summed E-state index contributed by atoms with van der Waals surface area (Å²) in [6.45, 7) is 8.04. The summed E-state index contributed by atoms with van der Waals surface area (Å²) in [6, 6.07) is 7.45. The van der Waals surface area contributed by atoms with Gasteiger partial charge in [-0.15, -0.1) is 0 Å². The highest BCUT2D eigenvalue weighted by Gasteiger charge is 2.17. The van der Waals surface area contributed by atoms with Crippen LogP contribution in [0.5, 0.6) is 5.75 Å². The molecule has 2 atom stereocenters. The van der Waals surface area contributed by atoms with Gasteiger partial charge in [0.25, 0.3) is 0 Å². The minimum atomic E-state index is -0.306. The highest BCUT2D eigenvalue weighted by molar-refractivity contribution is 7.81. The molecule has 4 heteroatoms. The number of anilines is 1. The maximum Gasteiger partial charge on any atom is 0.237 e. The standard InChI is InChI=1S/C15H23NO2S/c1-5-11(4)18-13-8-6-7-12(9-13)16-15(17)14(19)10(2)3/h6-11,14,19H,5H2,1-4H3,(H,16,17). The topological polar surface area (TPSA) is 38.3 Å². The summed E-state index contributed by atoms with van der Waals surface area (Å²) in [5, 5.41) is 2.55. The summed E-state index contributed by atoms with van der Waals surface area (Å²) in [5.74, 6) is 0.884. The molecule has 3 nitrogen and oxygen atoms in total. The first-order chi connectivity index (χ1) is 8.93. The molecule has 0 saturated heterocycles. The Kier molecular flexibility index (Phi) is 6.22. The number of benzene rings is 1. The molecule has 0 heterocycles. The van der Waals surface area contributed by atoms with E-state index in [9.17, 15) is 4.79 Å². The van der Waals surface area contributed by atoms with Gasteiger partial charge in [-0.2, -0.15) is 12.6 Å². The fraction of sp³-hybridized carbons (Fsp3) is 0.533. The number of hydrogen-bond acceptors (Lipinski definition) is 3. The molecule has 106 valence electrons. The van der Waals surface area contributed by atoms with Crippen molar-refractivity contribution in [2.75, 3.05) is 5.32 Å². The zero-order valence-electron chi connectivity index (χ0n) is 12.0. The largest absolute Gasteiger partial charge is 0.491 e. The third-order valence-corrected chi connectivity index (χ3v) is 3.74. The third kappa shape index (κ3) is 5.15. The Balaban J connectivity index is 2.69. The summed E-state index contributed by atoms with van der Waals surface area (Å²) < 4.78 is 5.72. The van der Waals surface area contributed by atoms with Gasteiger partial charge in [-0.1, -0.05) is 26.8 Å². The van der Waals surface area contributed by atoms with E-state index in [4.69, 9.17) is 4.74 Å². The van der Waals surface area contributed by atoms with E-state index in [1.807, 2.05) is 45.0 Å². The summed E-state index contributed by atoms with van der Waals surface area (Å²) in [7, 11) is 0. The van der Waals surface area contributed by atoms with Crippen LogP contribution in [0.15, 0.2) is 24.3 Å². The molecule has 0 saturated carbocycles. The highest BCUT2D eigenvalue weighted by Crippen LogP contribution is 2.20. The second-order valence-electron chi connectivity index (χ2n) is 5.04. The molecule has 0 spiro atoms. The van der Waals surface area contributed by atoms with Crippen molar-refractivity contribution in [3.05, 3.63) is 24.3 Å². The minimum Gasteiger partial charge on any atom is -0.491 e. The Morgan fingerprint density at radius 3 is 2.63 bits per heavy atom. The van der Waals surface area contributed by atoms with Gasteiger partial charge < -0.3 is 10.1 Å². The van der Waals surface area contributed by atoms with Crippen LogP contribution in [0.3, 0.4) is 0 Å². The van der Waals surface area contributed by atoms with Crippen LogP contribution in [-0.4, -0.2) is 17.3 Å². The Morgan fingerprint density at radius 2 is 2.05 bits per heavy atom. The first kappa shape index (κ1) is 15.9. The lowest BCUT2D eigenvalue weighted by Gasteiger charge is -2.16. The van der Waals surface area contributed by atoms with Crippen LogP contribution in [0.2, 0.25) is 0 Å². The molecule has 1 aromatic rings. The molecule has 0 aliphatic carbocycles. The van der Waals surface area contributed by atoms with Gasteiger partial charge in [0.1, 0.15) is 5.75 Å². The van der Waals surface area contributed by atoms with E-state index in [1.54, 1.807) is 0 Å². The van der Waals surface area contributed by atoms with Crippen molar-refractivity contribution in [3.8, 4) is 5.75 Å². The highest BCUT2D eigenvalue weighted by atomic mass is 32.1. The minimum absolute atomic E-state index is 0.0842. The smallest absolute Gasteiger partial charge is 0.237 e. The Labute approximate surface area is 121 Å². The zero-order chi connectivity index (χ0) is 14.4. The van der Waals surface area contributed by atoms with Gasteiger partial charge in [-0.25, -0.2) is 0 Å². The van der Waals surface area contributed by atoms with Crippen molar-refractivity contribution in [1.82, 2.24) is 0 Å². The number of nitrogens with one attached hydrogen (secondary N) is 1. The summed E-state index contributed by atoms with van der Waals surface area (Å²) >= 11 is 4.30. The van der Waals surface area contributed by atoms with Crippen LogP contribution in [0.4, 0.5) is 5.69 Å². The number of amides is 1. The van der Waals surface area contributed by atoms with Gasteiger partial charge in [-0.05, 0) is 31.4 Å². The summed E-state index contributed by atoms with van der Waals surface area (Å²) in [5.41, 5.74) is 0.741. The van der Waals surface area contributed by atoms with Gasteiger partial charge in [-0.3, -0.25) is 4.79 Å². The molecule has 0 fully saturated rings. The molecular weight excluding hydrogens is 258 g/mol. The van der Waals surface area contributed by atoms with E-state index in [0.717, 1.165) is 17.9 Å². The molecule has 1 amide bonds. The molecule has 2 unspecified atom stereocenters. The van der Waals surface area contributed by atoms with Gasteiger partial charge in [0, 0.05) is 11.8 Å². The van der Waals surface area contributed by atoms with E-state index in [0.29, 0.717) is 0 Å². The number of thiol groups is 1. The second-order valence-corrected chi connectivity index (χ2v) is 5.60. The van der Waals surface area contributed by atoms with Crippen LogP contribution in [-0.2, 0) is 4.79 Å². The molecule has 1 rings (SSSR count). The molecule has 1 aromatic carbocycles. The quantitative estimate of drug-likeness (QED) is 0.779. The molecule has 0 bridgehead atoms. The van der Waals surface area contributed by atoms with Crippen LogP contribution in [0.1, 0.15) is 34.1 Å². The Morgan fingerprint density at radius 1 is 1.37 bits per heavy atom. The third-order valence-electron chi connectivity index (χ3n) is 2.91. The van der Waals surface area contributed by atoms with Crippen molar-refractivity contribution in [3.63, 3.8) is 0 Å². The van der Waals surface area contributed by atoms with E-state index in [1.165, 1.54) is 0 Å². The van der Waals surface area contributed by atoms with Crippen LogP contribution >= 0.6 is 12.6 Å².